The number of aromatic carboxylic acids is 1. The molecule has 0 bridgehead atoms. The molecule has 0 radical (unpaired) electrons. The lowest BCUT2D eigenvalue weighted by Gasteiger charge is -2.25. The van der Waals surface area contributed by atoms with Crippen LogP contribution in [0.5, 0.6) is 0 Å². The van der Waals surface area contributed by atoms with Crippen molar-refractivity contribution in [3.63, 3.8) is 0 Å². The SMILES string of the molecule is O=C(O)c1cnc(NCC2SCCc3ccccc32)cn1. The number of aromatic nitrogens is 2. The Morgan fingerprint density at radius 1 is 1.33 bits per heavy atom. The summed E-state index contributed by atoms with van der Waals surface area (Å²) in [6, 6.07) is 8.51. The Labute approximate surface area is 126 Å². The van der Waals surface area contributed by atoms with E-state index in [1.54, 1.807) is 0 Å². The summed E-state index contributed by atoms with van der Waals surface area (Å²) >= 11 is 1.93. The largest absolute Gasteiger partial charge is 0.476 e. The molecule has 1 unspecified atom stereocenters. The number of thioether (sulfide) groups is 1. The van der Waals surface area contributed by atoms with Crippen molar-refractivity contribution >= 4 is 23.5 Å². The Kier molecular flexibility index (Phi) is 4.06. The third kappa shape index (κ3) is 3.16. The van der Waals surface area contributed by atoms with Crippen molar-refractivity contribution in [2.75, 3.05) is 17.6 Å². The minimum Gasteiger partial charge on any atom is -0.476 e. The maximum atomic E-state index is 10.7. The van der Waals surface area contributed by atoms with Crippen LogP contribution in [0.4, 0.5) is 5.82 Å². The molecule has 2 aromatic rings. The van der Waals surface area contributed by atoms with Gasteiger partial charge in [-0.3, -0.25) is 0 Å². The lowest BCUT2D eigenvalue weighted by atomic mass is 10.0. The molecule has 6 heteroatoms. The average molecular weight is 301 g/mol. The topological polar surface area (TPSA) is 75.1 Å². The normalized spacial score (nSPS) is 17.0. The summed E-state index contributed by atoms with van der Waals surface area (Å²) < 4.78 is 0. The van der Waals surface area contributed by atoms with E-state index in [4.69, 9.17) is 5.11 Å². The van der Waals surface area contributed by atoms with E-state index < -0.39 is 5.97 Å². The summed E-state index contributed by atoms with van der Waals surface area (Å²) in [5.41, 5.74) is 2.74. The summed E-state index contributed by atoms with van der Waals surface area (Å²) in [6.07, 6.45) is 3.85. The highest BCUT2D eigenvalue weighted by Gasteiger charge is 2.20. The smallest absolute Gasteiger partial charge is 0.356 e. The van der Waals surface area contributed by atoms with Crippen LogP contribution < -0.4 is 5.32 Å². The highest BCUT2D eigenvalue weighted by molar-refractivity contribution is 7.99. The lowest BCUT2D eigenvalue weighted by molar-refractivity contribution is 0.0690. The van der Waals surface area contributed by atoms with Crippen molar-refractivity contribution in [3.8, 4) is 0 Å². The predicted molar refractivity (Wildman–Crippen MR) is 82.8 cm³/mol. The van der Waals surface area contributed by atoms with Gasteiger partial charge in [0.2, 0.25) is 0 Å². The van der Waals surface area contributed by atoms with Crippen LogP contribution in [0, 0.1) is 0 Å². The van der Waals surface area contributed by atoms with Crippen molar-refractivity contribution in [1.29, 1.82) is 0 Å². The molecule has 1 aliphatic rings. The molecule has 1 atom stereocenters. The van der Waals surface area contributed by atoms with Gasteiger partial charge in [0.1, 0.15) is 5.82 Å². The standard InChI is InChI=1S/C15H15N3O2S/c19-15(20)12-7-17-14(9-16-12)18-8-13-11-4-2-1-3-10(11)5-6-21-13/h1-4,7,9,13H,5-6,8H2,(H,17,18)(H,19,20). The van der Waals surface area contributed by atoms with E-state index in [1.165, 1.54) is 23.5 Å². The average Bonchev–Trinajstić information content (AvgIpc) is 2.53. The second kappa shape index (κ2) is 6.13. The predicted octanol–water partition coefficient (Wildman–Crippen LogP) is 2.62. The fourth-order valence-corrected chi connectivity index (χ4v) is 3.61. The van der Waals surface area contributed by atoms with Crippen molar-refractivity contribution in [2.45, 2.75) is 11.7 Å². The second-order valence-corrected chi connectivity index (χ2v) is 6.09. The number of aryl methyl sites for hydroxylation is 1. The zero-order valence-corrected chi connectivity index (χ0v) is 12.1. The number of fused-ring (bicyclic) bond motifs is 1. The molecule has 0 aliphatic carbocycles. The number of carboxylic acids is 1. The number of nitrogens with zero attached hydrogens (tertiary/aromatic N) is 2. The van der Waals surface area contributed by atoms with Crippen molar-refractivity contribution in [2.24, 2.45) is 0 Å². The number of anilines is 1. The van der Waals surface area contributed by atoms with Crippen molar-refractivity contribution < 1.29 is 9.90 Å². The monoisotopic (exact) mass is 301 g/mol. The van der Waals surface area contributed by atoms with Gasteiger partial charge in [-0.05, 0) is 23.3 Å². The number of nitrogens with one attached hydrogen (secondary N) is 1. The van der Waals surface area contributed by atoms with E-state index in [9.17, 15) is 4.79 Å². The second-order valence-electron chi connectivity index (χ2n) is 4.78. The first-order chi connectivity index (χ1) is 10.2. The highest BCUT2D eigenvalue weighted by Crippen LogP contribution is 2.36. The van der Waals surface area contributed by atoms with E-state index in [2.05, 4.69) is 39.6 Å². The fraction of sp³-hybridized carbons (Fsp3) is 0.267. The Bertz CT molecular complexity index is 646. The third-order valence-electron chi connectivity index (χ3n) is 3.43. The first-order valence-corrected chi connectivity index (χ1v) is 7.77. The minimum absolute atomic E-state index is 0.0436. The Balaban J connectivity index is 1.67. The Morgan fingerprint density at radius 2 is 2.19 bits per heavy atom. The van der Waals surface area contributed by atoms with Gasteiger partial charge in [0.15, 0.2) is 5.69 Å². The maximum absolute atomic E-state index is 10.7. The molecule has 3 rings (SSSR count). The van der Waals surface area contributed by atoms with E-state index >= 15 is 0 Å². The third-order valence-corrected chi connectivity index (χ3v) is 4.69. The molecule has 0 spiro atoms. The number of carbonyl (C=O) groups is 1. The number of rotatable bonds is 4. The molecule has 0 amide bonds. The molecule has 1 aliphatic heterocycles. The lowest BCUT2D eigenvalue weighted by Crippen LogP contribution is -2.17. The first-order valence-electron chi connectivity index (χ1n) is 6.72. The fourth-order valence-electron chi connectivity index (χ4n) is 2.37. The van der Waals surface area contributed by atoms with Crippen LogP contribution in [0.1, 0.15) is 26.9 Å². The summed E-state index contributed by atoms with van der Waals surface area (Å²) in [7, 11) is 0. The minimum atomic E-state index is -1.06. The molecule has 2 heterocycles. The quantitative estimate of drug-likeness (QED) is 0.904. The van der Waals surface area contributed by atoms with Crippen LogP contribution in [0.15, 0.2) is 36.7 Å². The number of benzene rings is 1. The van der Waals surface area contributed by atoms with Gasteiger partial charge in [-0.2, -0.15) is 11.8 Å². The molecule has 2 N–H and O–H groups in total. The van der Waals surface area contributed by atoms with Crippen LogP contribution >= 0.6 is 11.8 Å². The molecular weight excluding hydrogens is 286 g/mol. The molecular formula is C15H15N3O2S. The van der Waals surface area contributed by atoms with Crippen molar-refractivity contribution in [1.82, 2.24) is 9.97 Å². The summed E-state index contributed by atoms with van der Waals surface area (Å²) in [5.74, 6) is 0.655. The molecule has 0 fully saturated rings. The molecule has 1 aromatic carbocycles. The van der Waals surface area contributed by atoms with Gasteiger partial charge in [-0.25, -0.2) is 14.8 Å². The van der Waals surface area contributed by atoms with Gasteiger partial charge in [0.25, 0.3) is 0 Å². The molecule has 108 valence electrons. The van der Waals surface area contributed by atoms with Crippen LogP contribution in [0.25, 0.3) is 0 Å². The van der Waals surface area contributed by atoms with E-state index in [-0.39, 0.29) is 5.69 Å². The summed E-state index contributed by atoms with van der Waals surface area (Å²) in [6.45, 7) is 0.753. The number of carboxylic acid groups (broad SMARTS) is 1. The summed E-state index contributed by atoms with van der Waals surface area (Å²) in [5, 5.41) is 12.4. The number of hydrogen-bond acceptors (Lipinski definition) is 5. The molecule has 5 nitrogen and oxygen atoms in total. The van der Waals surface area contributed by atoms with E-state index in [0.717, 1.165) is 18.7 Å². The van der Waals surface area contributed by atoms with Crippen LogP contribution in [0.3, 0.4) is 0 Å². The molecule has 21 heavy (non-hydrogen) atoms. The van der Waals surface area contributed by atoms with Gasteiger partial charge in [-0.1, -0.05) is 24.3 Å². The van der Waals surface area contributed by atoms with E-state index in [1.807, 2.05) is 11.8 Å². The van der Waals surface area contributed by atoms with Gasteiger partial charge in [-0.15, -0.1) is 0 Å². The zero-order valence-electron chi connectivity index (χ0n) is 11.3. The Morgan fingerprint density at radius 3 is 2.95 bits per heavy atom. The van der Waals surface area contributed by atoms with Gasteiger partial charge in [0, 0.05) is 11.8 Å². The molecule has 0 saturated heterocycles. The van der Waals surface area contributed by atoms with Crippen LogP contribution in [-0.2, 0) is 6.42 Å². The van der Waals surface area contributed by atoms with Gasteiger partial charge in [0.05, 0.1) is 12.4 Å². The highest BCUT2D eigenvalue weighted by atomic mass is 32.2. The van der Waals surface area contributed by atoms with Gasteiger partial charge >= 0.3 is 5.97 Å². The first kappa shape index (κ1) is 13.9. The van der Waals surface area contributed by atoms with Crippen LogP contribution in [0.2, 0.25) is 0 Å². The Hall–Kier alpha value is -2.08. The molecule has 1 aromatic heterocycles. The van der Waals surface area contributed by atoms with Gasteiger partial charge < -0.3 is 10.4 Å². The van der Waals surface area contributed by atoms with E-state index in [0.29, 0.717) is 11.1 Å². The number of hydrogen-bond donors (Lipinski definition) is 2. The summed E-state index contributed by atoms with van der Waals surface area (Å²) in [4.78, 5) is 18.7. The molecule has 0 saturated carbocycles. The zero-order chi connectivity index (χ0) is 14.7. The van der Waals surface area contributed by atoms with Crippen LogP contribution in [-0.4, -0.2) is 33.3 Å². The van der Waals surface area contributed by atoms with Crippen molar-refractivity contribution in [3.05, 3.63) is 53.5 Å². The maximum Gasteiger partial charge on any atom is 0.356 e.